The first-order valence-corrected chi connectivity index (χ1v) is 16.7. The first-order valence-electron chi connectivity index (χ1n) is 16.7. The highest BCUT2D eigenvalue weighted by molar-refractivity contribution is 6.25. The van der Waals surface area contributed by atoms with Gasteiger partial charge in [0.1, 0.15) is 11.6 Å². The van der Waals surface area contributed by atoms with Gasteiger partial charge in [0.15, 0.2) is 0 Å². The van der Waals surface area contributed by atoms with Crippen molar-refractivity contribution in [3.05, 3.63) is 29.3 Å². The number of amides is 6. The third kappa shape index (κ3) is 11.5. The molecule has 3 heterocycles. The number of benzene rings is 1. The lowest BCUT2D eigenvalue weighted by Gasteiger charge is -2.32. The van der Waals surface area contributed by atoms with Crippen molar-refractivity contribution in [3.63, 3.8) is 0 Å². The number of hydrogen-bond donors (Lipinski definition) is 4. The highest BCUT2D eigenvalue weighted by Crippen LogP contribution is 2.32. The first-order chi connectivity index (χ1) is 23.4. The number of piperidine rings is 2. The Bertz CT molecular complexity index is 1360. The normalized spacial score (nSPS) is 18.7. The summed E-state index contributed by atoms with van der Waals surface area (Å²) in [7, 11) is 0. The number of nitrogens with zero attached hydrogens (tertiary/aromatic N) is 2. The molecule has 2 fully saturated rings. The Morgan fingerprint density at radius 2 is 1.57 bits per heavy atom. The summed E-state index contributed by atoms with van der Waals surface area (Å²) in [6.07, 6.45) is 1.47. The van der Waals surface area contributed by atoms with Gasteiger partial charge in [0.2, 0.25) is 17.7 Å². The summed E-state index contributed by atoms with van der Waals surface area (Å²) in [4.78, 5) is 77.4. The molecule has 1 aromatic rings. The molecule has 3 aliphatic rings. The van der Waals surface area contributed by atoms with Gasteiger partial charge in [0, 0.05) is 44.3 Å². The number of carbonyl (C=O) groups is 6. The van der Waals surface area contributed by atoms with E-state index < -0.39 is 35.3 Å². The first kappa shape index (κ1) is 37.7. The fourth-order valence-electron chi connectivity index (χ4n) is 5.67. The summed E-state index contributed by atoms with van der Waals surface area (Å²) in [5.74, 6) is -2.73. The van der Waals surface area contributed by atoms with E-state index in [1.54, 1.807) is 12.1 Å². The molecular formula is C33H48N6O10. The monoisotopic (exact) mass is 688 g/mol. The summed E-state index contributed by atoms with van der Waals surface area (Å²) in [6, 6.07) is 3.71. The maximum Gasteiger partial charge on any atom is 0.407 e. The Morgan fingerprint density at radius 3 is 2.24 bits per heavy atom. The highest BCUT2D eigenvalue weighted by Gasteiger charge is 2.45. The Hall–Kier alpha value is -4.12. The van der Waals surface area contributed by atoms with Crippen molar-refractivity contribution in [1.82, 2.24) is 25.8 Å². The van der Waals surface area contributed by atoms with Crippen molar-refractivity contribution < 1.29 is 47.7 Å². The van der Waals surface area contributed by atoms with Gasteiger partial charge >= 0.3 is 6.09 Å². The molecule has 0 bridgehead atoms. The molecule has 0 aliphatic carbocycles. The number of nitrogens with one attached hydrogen (secondary N) is 4. The van der Waals surface area contributed by atoms with Crippen LogP contribution < -0.4 is 21.3 Å². The van der Waals surface area contributed by atoms with Crippen LogP contribution in [0.5, 0.6) is 0 Å². The molecule has 0 aromatic heterocycles. The summed E-state index contributed by atoms with van der Waals surface area (Å²) in [5, 5.41) is 10.7. The molecule has 270 valence electrons. The van der Waals surface area contributed by atoms with Crippen molar-refractivity contribution in [2.24, 2.45) is 0 Å². The molecule has 6 amide bonds. The summed E-state index contributed by atoms with van der Waals surface area (Å²) >= 11 is 0. The van der Waals surface area contributed by atoms with Crippen molar-refractivity contribution in [2.45, 2.75) is 64.1 Å². The lowest BCUT2D eigenvalue weighted by Crippen LogP contribution is -2.54. The number of anilines is 1. The van der Waals surface area contributed by atoms with Gasteiger partial charge in [-0.25, -0.2) is 4.79 Å². The molecule has 4 rings (SSSR count). The minimum Gasteiger partial charge on any atom is -0.444 e. The second kappa shape index (κ2) is 18.0. The fraction of sp³-hybridized carbons (Fsp3) is 0.636. The smallest absolute Gasteiger partial charge is 0.407 e. The summed E-state index contributed by atoms with van der Waals surface area (Å²) in [6.45, 7) is 10.8. The Morgan fingerprint density at radius 1 is 0.898 bits per heavy atom. The lowest BCUT2D eigenvalue weighted by atomic mass is 10.0. The molecule has 1 atom stereocenters. The molecule has 1 unspecified atom stereocenters. The zero-order chi connectivity index (χ0) is 35.4. The van der Waals surface area contributed by atoms with Crippen LogP contribution in [-0.4, -0.2) is 135 Å². The zero-order valence-electron chi connectivity index (χ0n) is 28.5. The minimum atomic E-state index is -1.07. The number of rotatable bonds is 17. The van der Waals surface area contributed by atoms with Gasteiger partial charge in [0.25, 0.3) is 11.8 Å². The second-order valence-electron chi connectivity index (χ2n) is 13.0. The minimum absolute atomic E-state index is 0.0300. The number of carbonyl (C=O) groups excluding carboxylic acids is 6. The van der Waals surface area contributed by atoms with Gasteiger partial charge in [-0.15, -0.1) is 0 Å². The maximum atomic E-state index is 13.2. The van der Waals surface area contributed by atoms with Crippen LogP contribution in [0.15, 0.2) is 18.2 Å². The summed E-state index contributed by atoms with van der Waals surface area (Å²) in [5.41, 5.74) is 0.0116. The van der Waals surface area contributed by atoms with Gasteiger partial charge in [-0.1, -0.05) is 6.07 Å². The van der Waals surface area contributed by atoms with Crippen LogP contribution in [0.2, 0.25) is 0 Å². The van der Waals surface area contributed by atoms with Crippen LogP contribution in [0, 0.1) is 0 Å². The van der Waals surface area contributed by atoms with Gasteiger partial charge in [0.05, 0.1) is 57.3 Å². The molecule has 2 saturated heterocycles. The topological polar surface area (TPSA) is 194 Å². The predicted molar refractivity (Wildman–Crippen MR) is 176 cm³/mol. The van der Waals surface area contributed by atoms with Crippen molar-refractivity contribution in [3.8, 4) is 0 Å². The van der Waals surface area contributed by atoms with Crippen LogP contribution in [0.3, 0.4) is 0 Å². The molecular weight excluding hydrogens is 640 g/mol. The number of fused-ring (bicyclic) bond motifs is 1. The third-order valence-corrected chi connectivity index (χ3v) is 8.08. The third-order valence-electron chi connectivity index (χ3n) is 8.08. The SMILES string of the molecule is CC(C)(C)OC(=O)NC1CCN(CCOCCOCCOCCNC(=O)CNc2cccc3c2C(=O)N(C2CCC(=O)NC2=O)C3=O)CC1. The van der Waals surface area contributed by atoms with E-state index in [0.717, 1.165) is 37.4 Å². The van der Waals surface area contributed by atoms with Crippen molar-refractivity contribution in [1.29, 1.82) is 0 Å². The van der Waals surface area contributed by atoms with Gasteiger partial charge in [-0.05, 0) is 52.2 Å². The van der Waals surface area contributed by atoms with Crippen LogP contribution in [0.25, 0.3) is 0 Å². The standard InChI is InChI=1S/C33H48N6O10/c1-33(2,3)49-32(45)36-22-9-12-38(13-10-22)14-16-47-18-20-48-19-17-46-15-11-34-27(41)21-35-24-6-4-5-23-28(24)31(44)39(30(23)43)25-7-8-26(40)37-29(25)42/h4-6,22,25,35H,7-21H2,1-3H3,(H,34,41)(H,36,45)(H,37,40,42). The molecule has 4 N–H and O–H groups in total. The number of hydrogen-bond acceptors (Lipinski definition) is 12. The highest BCUT2D eigenvalue weighted by atomic mass is 16.6. The lowest BCUT2D eigenvalue weighted by molar-refractivity contribution is -0.136. The molecule has 49 heavy (non-hydrogen) atoms. The second-order valence-corrected chi connectivity index (χ2v) is 13.0. The van der Waals surface area contributed by atoms with Crippen molar-refractivity contribution in [2.75, 3.05) is 77.7 Å². The quantitative estimate of drug-likeness (QED) is 0.132. The zero-order valence-corrected chi connectivity index (χ0v) is 28.5. The van der Waals surface area contributed by atoms with E-state index in [0.29, 0.717) is 38.7 Å². The predicted octanol–water partition coefficient (Wildman–Crippen LogP) is 0.655. The van der Waals surface area contributed by atoms with E-state index in [4.69, 9.17) is 18.9 Å². The van der Waals surface area contributed by atoms with Crippen molar-refractivity contribution >= 4 is 41.3 Å². The van der Waals surface area contributed by atoms with E-state index in [1.165, 1.54) is 6.07 Å². The Kier molecular flexibility index (Phi) is 13.9. The largest absolute Gasteiger partial charge is 0.444 e. The van der Waals surface area contributed by atoms with E-state index in [2.05, 4.69) is 26.2 Å². The van der Waals surface area contributed by atoms with Crippen LogP contribution in [-0.2, 0) is 33.3 Å². The van der Waals surface area contributed by atoms with E-state index in [9.17, 15) is 28.8 Å². The Labute approximate surface area is 285 Å². The maximum absolute atomic E-state index is 13.2. The molecule has 1 aromatic carbocycles. The van der Waals surface area contributed by atoms with Crippen LogP contribution >= 0.6 is 0 Å². The van der Waals surface area contributed by atoms with Gasteiger partial charge in [-0.3, -0.25) is 34.2 Å². The van der Waals surface area contributed by atoms with E-state index in [-0.39, 0.29) is 61.7 Å². The molecule has 16 heteroatoms. The number of ether oxygens (including phenoxy) is 4. The molecule has 16 nitrogen and oxygen atoms in total. The molecule has 3 aliphatic heterocycles. The van der Waals surface area contributed by atoms with Gasteiger partial charge < -0.3 is 39.8 Å². The van der Waals surface area contributed by atoms with E-state index in [1.807, 2.05) is 20.8 Å². The fourth-order valence-corrected chi connectivity index (χ4v) is 5.67. The average molecular weight is 689 g/mol. The van der Waals surface area contributed by atoms with Crippen LogP contribution in [0.4, 0.5) is 10.5 Å². The number of imide groups is 2. The molecule has 0 spiro atoms. The number of alkyl carbamates (subject to hydrolysis) is 1. The number of likely N-dealkylation sites (tertiary alicyclic amines) is 1. The molecule has 0 radical (unpaired) electrons. The summed E-state index contributed by atoms with van der Waals surface area (Å²) < 4.78 is 22.0. The molecule has 0 saturated carbocycles. The van der Waals surface area contributed by atoms with E-state index >= 15 is 0 Å². The van der Waals surface area contributed by atoms with Gasteiger partial charge in [-0.2, -0.15) is 0 Å². The van der Waals surface area contributed by atoms with Crippen LogP contribution in [0.1, 0.15) is 67.2 Å². The Balaban J connectivity index is 0.992. The average Bonchev–Trinajstić information content (AvgIpc) is 3.30.